The first-order valence-electron chi connectivity index (χ1n) is 7.95. The molecule has 1 aliphatic carbocycles. The zero-order chi connectivity index (χ0) is 18.8. The highest BCUT2D eigenvalue weighted by Gasteiger charge is 2.27. The zero-order valence-electron chi connectivity index (χ0n) is 14.4. The van der Waals surface area contributed by atoms with E-state index in [4.69, 9.17) is 19.9 Å². The molecule has 1 aromatic heterocycles. The fourth-order valence-electron chi connectivity index (χ4n) is 2.57. The number of benzene rings is 1. The molecule has 9 nitrogen and oxygen atoms in total. The van der Waals surface area contributed by atoms with Gasteiger partial charge in [-0.2, -0.15) is 4.98 Å². The Morgan fingerprint density at radius 1 is 1.31 bits per heavy atom. The predicted octanol–water partition coefficient (Wildman–Crippen LogP) is 0.733. The van der Waals surface area contributed by atoms with Gasteiger partial charge in [0.15, 0.2) is 5.56 Å². The highest BCUT2D eigenvalue weighted by atomic mass is 16.5. The van der Waals surface area contributed by atoms with Crippen LogP contribution < -0.4 is 20.8 Å². The number of ether oxygens (including phenoxy) is 3. The number of nitrogens with zero attached hydrogens (tertiary/aromatic N) is 2. The number of carbonyl (C=O) groups is 1. The third-order valence-electron chi connectivity index (χ3n) is 3.98. The molecule has 2 aromatic rings. The third-order valence-corrected chi connectivity index (χ3v) is 3.98. The van der Waals surface area contributed by atoms with Gasteiger partial charge in [0, 0.05) is 0 Å². The highest BCUT2D eigenvalue weighted by Crippen LogP contribution is 2.33. The molecule has 26 heavy (non-hydrogen) atoms. The lowest BCUT2D eigenvalue weighted by Crippen LogP contribution is -2.32. The van der Waals surface area contributed by atoms with E-state index < -0.39 is 22.9 Å². The molecule has 3 rings (SSSR count). The number of hydrogen-bond acceptors (Lipinski definition) is 7. The topological polar surface area (TPSA) is 126 Å². The van der Waals surface area contributed by atoms with Gasteiger partial charge in [0.1, 0.15) is 29.6 Å². The molecule has 1 saturated carbocycles. The SMILES string of the molecule is COc1cccc(OC)c1-n1c(COC2CC2)nc(O)c(C(N)=O)c1=O. The van der Waals surface area contributed by atoms with Crippen LogP contribution in [-0.4, -0.2) is 40.9 Å². The van der Waals surface area contributed by atoms with E-state index >= 15 is 0 Å². The second-order valence-electron chi connectivity index (χ2n) is 5.75. The summed E-state index contributed by atoms with van der Waals surface area (Å²) < 4.78 is 17.4. The maximum Gasteiger partial charge on any atom is 0.275 e. The summed E-state index contributed by atoms with van der Waals surface area (Å²) in [5.74, 6) is -1.07. The number of methoxy groups -OCH3 is 2. The largest absolute Gasteiger partial charge is 0.494 e. The van der Waals surface area contributed by atoms with E-state index in [0.29, 0.717) is 11.5 Å². The van der Waals surface area contributed by atoms with Crippen LogP contribution in [0, 0.1) is 0 Å². The molecule has 0 atom stereocenters. The summed E-state index contributed by atoms with van der Waals surface area (Å²) in [6, 6.07) is 4.95. The number of nitrogens with two attached hydrogens (primary N) is 1. The molecule has 0 saturated heterocycles. The van der Waals surface area contributed by atoms with E-state index in [1.54, 1.807) is 18.2 Å². The Labute approximate surface area is 148 Å². The third kappa shape index (κ3) is 3.21. The van der Waals surface area contributed by atoms with Gasteiger partial charge in [0.2, 0.25) is 5.88 Å². The fraction of sp³-hybridized carbons (Fsp3) is 0.353. The normalized spacial score (nSPS) is 13.5. The van der Waals surface area contributed by atoms with Crippen LogP contribution in [0.3, 0.4) is 0 Å². The van der Waals surface area contributed by atoms with Gasteiger partial charge in [-0.1, -0.05) is 6.07 Å². The zero-order valence-corrected chi connectivity index (χ0v) is 14.4. The van der Waals surface area contributed by atoms with E-state index in [0.717, 1.165) is 17.4 Å². The summed E-state index contributed by atoms with van der Waals surface area (Å²) in [7, 11) is 2.87. The highest BCUT2D eigenvalue weighted by molar-refractivity contribution is 5.94. The molecule has 0 spiro atoms. The van der Waals surface area contributed by atoms with Crippen molar-refractivity contribution >= 4 is 5.91 Å². The monoisotopic (exact) mass is 361 g/mol. The average Bonchev–Trinajstić information content (AvgIpc) is 3.43. The van der Waals surface area contributed by atoms with Crippen molar-refractivity contribution in [3.8, 4) is 23.1 Å². The lowest BCUT2D eigenvalue weighted by molar-refractivity contribution is 0.0963. The Hall–Kier alpha value is -3.07. The van der Waals surface area contributed by atoms with Gasteiger partial charge in [0.25, 0.3) is 11.5 Å². The number of primary amides is 1. The quantitative estimate of drug-likeness (QED) is 0.744. The van der Waals surface area contributed by atoms with Crippen LogP contribution in [0.1, 0.15) is 29.0 Å². The van der Waals surface area contributed by atoms with Gasteiger partial charge in [-0.05, 0) is 25.0 Å². The van der Waals surface area contributed by atoms with Crippen molar-refractivity contribution in [2.45, 2.75) is 25.6 Å². The molecule has 1 fully saturated rings. The van der Waals surface area contributed by atoms with Crippen LogP contribution in [-0.2, 0) is 11.3 Å². The molecule has 3 N–H and O–H groups in total. The van der Waals surface area contributed by atoms with Gasteiger partial charge in [-0.25, -0.2) is 0 Å². The Morgan fingerprint density at radius 3 is 2.42 bits per heavy atom. The standard InChI is InChI=1S/C17H19N3O6/c1-24-10-4-3-5-11(25-2)14(10)20-12(8-26-9-6-7-9)19-16(22)13(15(18)21)17(20)23/h3-5,9,22H,6-8H2,1-2H3,(H2,18,21). The summed E-state index contributed by atoms with van der Waals surface area (Å²) >= 11 is 0. The number of para-hydroxylation sites is 1. The average molecular weight is 361 g/mol. The molecular formula is C17H19N3O6. The Morgan fingerprint density at radius 2 is 1.92 bits per heavy atom. The van der Waals surface area contributed by atoms with Crippen molar-refractivity contribution in [3.05, 3.63) is 39.9 Å². The molecule has 0 aliphatic heterocycles. The lowest BCUT2D eigenvalue weighted by atomic mass is 10.2. The first-order valence-corrected chi connectivity index (χ1v) is 7.95. The minimum atomic E-state index is -1.09. The lowest BCUT2D eigenvalue weighted by Gasteiger charge is -2.18. The van der Waals surface area contributed by atoms with E-state index in [-0.39, 0.29) is 24.2 Å². The molecule has 1 aliphatic rings. The molecule has 0 radical (unpaired) electrons. The fourth-order valence-corrected chi connectivity index (χ4v) is 2.57. The first-order chi connectivity index (χ1) is 12.5. The van der Waals surface area contributed by atoms with Gasteiger partial charge in [-0.3, -0.25) is 14.2 Å². The maximum absolute atomic E-state index is 12.9. The molecule has 138 valence electrons. The number of rotatable bonds is 7. The molecule has 0 unspecified atom stereocenters. The summed E-state index contributed by atoms with van der Waals surface area (Å²) in [6.07, 6.45) is 1.94. The van der Waals surface area contributed by atoms with Gasteiger partial charge in [0.05, 0.1) is 20.3 Å². The Kier molecular flexibility index (Phi) is 4.81. The van der Waals surface area contributed by atoms with Crippen LogP contribution in [0.2, 0.25) is 0 Å². The van der Waals surface area contributed by atoms with E-state index in [1.807, 2.05) is 0 Å². The molecule has 1 amide bonds. The van der Waals surface area contributed by atoms with Gasteiger partial charge >= 0.3 is 0 Å². The first kappa shape index (κ1) is 17.7. The van der Waals surface area contributed by atoms with Crippen molar-refractivity contribution in [3.63, 3.8) is 0 Å². The van der Waals surface area contributed by atoms with Crippen LogP contribution >= 0.6 is 0 Å². The van der Waals surface area contributed by atoms with Crippen molar-refractivity contribution in [1.29, 1.82) is 0 Å². The minimum Gasteiger partial charge on any atom is -0.494 e. The van der Waals surface area contributed by atoms with Crippen molar-refractivity contribution in [2.75, 3.05) is 14.2 Å². The molecule has 0 bridgehead atoms. The van der Waals surface area contributed by atoms with E-state index in [1.165, 1.54) is 14.2 Å². The van der Waals surface area contributed by atoms with Crippen LogP contribution in [0.4, 0.5) is 0 Å². The number of carbonyl (C=O) groups excluding carboxylic acids is 1. The van der Waals surface area contributed by atoms with Crippen molar-refractivity contribution in [2.24, 2.45) is 5.73 Å². The summed E-state index contributed by atoms with van der Waals surface area (Å²) in [5.41, 5.74) is 4.03. The number of hydrogen-bond donors (Lipinski definition) is 2. The maximum atomic E-state index is 12.9. The second kappa shape index (κ2) is 7.04. The number of aromatic hydroxyl groups is 1. The number of aromatic nitrogens is 2. The Bertz CT molecular complexity index is 882. The molecule has 9 heteroatoms. The van der Waals surface area contributed by atoms with Crippen LogP contribution in [0.15, 0.2) is 23.0 Å². The van der Waals surface area contributed by atoms with Crippen LogP contribution in [0.5, 0.6) is 17.4 Å². The Balaban J connectivity index is 2.29. The van der Waals surface area contributed by atoms with E-state index in [9.17, 15) is 14.7 Å². The van der Waals surface area contributed by atoms with Gasteiger partial charge < -0.3 is 25.1 Å². The smallest absolute Gasteiger partial charge is 0.275 e. The minimum absolute atomic E-state index is 0.0340. The molecule has 1 heterocycles. The number of amides is 1. The van der Waals surface area contributed by atoms with Crippen molar-refractivity contribution in [1.82, 2.24) is 9.55 Å². The van der Waals surface area contributed by atoms with Crippen molar-refractivity contribution < 1.29 is 24.1 Å². The summed E-state index contributed by atoms with van der Waals surface area (Å²) in [4.78, 5) is 28.5. The van der Waals surface area contributed by atoms with E-state index in [2.05, 4.69) is 4.98 Å². The van der Waals surface area contributed by atoms with Crippen LogP contribution in [0.25, 0.3) is 5.69 Å². The summed E-state index contributed by atoms with van der Waals surface area (Å²) in [5, 5.41) is 10.0. The molecular weight excluding hydrogens is 342 g/mol. The summed E-state index contributed by atoms with van der Waals surface area (Å²) in [6.45, 7) is -0.0340. The predicted molar refractivity (Wildman–Crippen MR) is 90.9 cm³/mol. The second-order valence-corrected chi connectivity index (χ2v) is 5.75. The van der Waals surface area contributed by atoms with Gasteiger partial charge in [-0.15, -0.1) is 0 Å². The molecule has 1 aromatic carbocycles.